The maximum Gasteiger partial charge on any atom is 0.417 e. The van der Waals surface area contributed by atoms with Crippen LogP contribution in [0.4, 0.5) is 18.9 Å². The van der Waals surface area contributed by atoms with Crippen molar-refractivity contribution in [3.05, 3.63) is 54.1 Å². The van der Waals surface area contributed by atoms with Gasteiger partial charge in [0, 0.05) is 35.2 Å². The van der Waals surface area contributed by atoms with Crippen LogP contribution in [-0.4, -0.2) is 15.6 Å². The molecule has 1 aromatic heterocycles. The second-order valence-electron chi connectivity index (χ2n) is 7.07. The minimum atomic E-state index is -4.56. The van der Waals surface area contributed by atoms with E-state index in [0.717, 1.165) is 24.6 Å². The van der Waals surface area contributed by atoms with Crippen LogP contribution in [0, 0.1) is 16.7 Å². The molecule has 2 aromatic rings. The van der Waals surface area contributed by atoms with Crippen LogP contribution in [0.25, 0.3) is 5.70 Å². The average molecular weight is 360 g/mol. The third-order valence-corrected chi connectivity index (χ3v) is 4.71. The molecule has 0 radical (unpaired) electrons. The lowest BCUT2D eigenvalue weighted by atomic mass is 9.77. The maximum absolute atomic E-state index is 13.1. The largest absolute Gasteiger partial charge is 0.417 e. The molecule has 0 spiro atoms. The number of nitrogens with zero attached hydrogens (tertiary/aromatic N) is 3. The maximum atomic E-state index is 13.1. The first-order chi connectivity index (χ1) is 12.2. The van der Waals surface area contributed by atoms with Gasteiger partial charge in [-0.05, 0) is 37.1 Å². The van der Waals surface area contributed by atoms with Gasteiger partial charge in [0.05, 0.1) is 23.5 Å². The lowest BCUT2D eigenvalue weighted by Gasteiger charge is -2.36. The fourth-order valence-corrected chi connectivity index (χ4v) is 3.28. The minimum Gasteiger partial charge on any atom is -0.379 e. The summed E-state index contributed by atoms with van der Waals surface area (Å²) in [7, 11) is 0. The van der Waals surface area contributed by atoms with Crippen LogP contribution < -0.4 is 5.32 Å². The Kier molecular flexibility index (Phi) is 4.53. The Morgan fingerprint density at radius 2 is 2.12 bits per heavy atom. The van der Waals surface area contributed by atoms with Gasteiger partial charge in [-0.2, -0.15) is 18.4 Å². The van der Waals surface area contributed by atoms with Crippen LogP contribution in [0.1, 0.15) is 37.8 Å². The minimum absolute atomic E-state index is 0.0549. The van der Waals surface area contributed by atoms with Gasteiger partial charge in [-0.15, -0.1) is 0 Å². The molecule has 0 saturated carbocycles. The van der Waals surface area contributed by atoms with E-state index in [0.29, 0.717) is 5.69 Å². The van der Waals surface area contributed by atoms with Gasteiger partial charge in [0.1, 0.15) is 0 Å². The number of hydrogen-bond donors (Lipinski definition) is 1. The van der Waals surface area contributed by atoms with Crippen molar-refractivity contribution in [2.45, 2.75) is 38.9 Å². The second-order valence-corrected chi connectivity index (χ2v) is 7.07. The van der Waals surface area contributed by atoms with Gasteiger partial charge in [0.15, 0.2) is 0 Å². The summed E-state index contributed by atoms with van der Waals surface area (Å²) < 4.78 is 41.4. The van der Waals surface area contributed by atoms with E-state index in [1.54, 1.807) is 18.6 Å². The van der Waals surface area contributed by atoms with Gasteiger partial charge in [-0.1, -0.05) is 13.8 Å². The number of hydrogen-bond acceptors (Lipinski definition) is 3. The molecule has 0 amide bonds. The molecular weight excluding hydrogens is 341 g/mol. The van der Waals surface area contributed by atoms with Crippen molar-refractivity contribution in [1.29, 1.82) is 5.26 Å². The van der Waals surface area contributed by atoms with Crippen molar-refractivity contribution in [2.24, 2.45) is 5.41 Å². The number of anilines is 1. The highest BCUT2D eigenvalue weighted by atomic mass is 19.4. The van der Waals surface area contributed by atoms with E-state index in [-0.39, 0.29) is 17.0 Å². The Morgan fingerprint density at radius 3 is 2.73 bits per heavy atom. The van der Waals surface area contributed by atoms with E-state index in [2.05, 4.69) is 24.1 Å². The van der Waals surface area contributed by atoms with Crippen molar-refractivity contribution < 1.29 is 13.2 Å². The molecule has 0 aliphatic heterocycles. The quantitative estimate of drug-likeness (QED) is 0.846. The molecule has 136 valence electrons. The number of nitrogens with one attached hydrogen (secondary N) is 1. The van der Waals surface area contributed by atoms with E-state index in [1.165, 1.54) is 12.1 Å². The van der Waals surface area contributed by atoms with E-state index >= 15 is 0 Å². The zero-order chi connectivity index (χ0) is 18.9. The predicted octanol–water partition coefficient (Wildman–Crippen LogP) is 4.92. The molecule has 26 heavy (non-hydrogen) atoms. The van der Waals surface area contributed by atoms with Crippen molar-refractivity contribution in [1.82, 2.24) is 9.55 Å². The molecule has 1 aromatic carbocycles. The number of imidazole rings is 1. The van der Waals surface area contributed by atoms with Gasteiger partial charge in [0.25, 0.3) is 0 Å². The molecule has 1 aliphatic carbocycles. The first kappa shape index (κ1) is 18.1. The van der Waals surface area contributed by atoms with E-state index < -0.39 is 11.7 Å². The predicted molar refractivity (Wildman–Crippen MR) is 93.1 cm³/mol. The lowest BCUT2D eigenvalue weighted by molar-refractivity contribution is -0.137. The van der Waals surface area contributed by atoms with Gasteiger partial charge in [-0.25, -0.2) is 4.98 Å². The normalized spacial score (nSPS) is 19.5. The number of alkyl halides is 3. The molecule has 1 N–H and O–H groups in total. The second kappa shape index (κ2) is 6.52. The van der Waals surface area contributed by atoms with Crippen LogP contribution in [0.3, 0.4) is 0 Å². The number of rotatable bonds is 3. The number of allylic oxidation sites excluding steroid dienone is 1. The Hall–Kier alpha value is -2.75. The fourth-order valence-electron chi connectivity index (χ4n) is 3.28. The Bertz CT molecular complexity index is 858. The zero-order valence-corrected chi connectivity index (χ0v) is 14.5. The summed E-state index contributed by atoms with van der Waals surface area (Å²) in [5.41, 5.74) is 0.0638. The van der Waals surface area contributed by atoms with Crippen molar-refractivity contribution in [3.63, 3.8) is 0 Å². The lowest BCUT2D eigenvalue weighted by Crippen LogP contribution is -2.30. The van der Waals surface area contributed by atoms with Crippen LogP contribution >= 0.6 is 0 Å². The summed E-state index contributed by atoms with van der Waals surface area (Å²) in [6.45, 7) is 4.27. The third-order valence-electron chi connectivity index (χ3n) is 4.71. The molecule has 4 nitrogen and oxygen atoms in total. The van der Waals surface area contributed by atoms with E-state index in [4.69, 9.17) is 5.26 Å². The van der Waals surface area contributed by atoms with Crippen molar-refractivity contribution in [3.8, 4) is 6.07 Å². The van der Waals surface area contributed by atoms with Gasteiger partial charge in [-0.3, -0.25) is 0 Å². The van der Waals surface area contributed by atoms with Gasteiger partial charge in [0.2, 0.25) is 0 Å². The van der Waals surface area contributed by atoms with Gasteiger partial charge >= 0.3 is 6.18 Å². The summed E-state index contributed by atoms with van der Waals surface area (Å²) in [5.74, 6) is 0. The van der Waals surface area contributed by atoms with Crippen molar-refractivity contribution >= 4 is 11.4 Å². The summed E-state index contributed by atoms with van der Waals surface area (Å²) >= 11 is 0. The van der Waals surface area contributed by atoms with E-state index in [1.807, 2.05) is 16.8 Å². The molecule has 1 heterocycles. The zero-order valence-electron chi connectivity index (χ0n) is 14.5. The fraction of sp³-hybridized carbons (Fsp3) is 0.368. The highest BCUT2D eigenvalue weighted by Crippen LogP contribution is 2.40. The van der Waals surface area contributed by atoms with Crippen LogP contribution in [0.2, 0.25) is 0 Å². The molecule has 1 atom stereocenters. The van der Waals surface area contributed by atoms with Crippen LogP contribution in [0.5, 0.6) is 0 Å². The monoisotopic (exact) mass is 360 g/mol. The van der Waals surface area contributed by atoms with E-state index in [9.17, 15) is 13.2 Å². The van der Waals surface area contributed by atoms with Gasteiger partial charge < -0.3 is 9.88 Å². The summed E-state index contributed by atoms with van der Waals surface area (Å²) in [5, 5.41) is 12.1. The molecule has 7 heteroatoms. The third kappa shape index (κ3) is 3.59. The Balaban J connectivity index is 1.90. The highest BCUT2D eigenvalue weighted by molar-refractivity contribution is 5.58. The summed E-state index contributed by atoms with van der Waals surface area (Å²) in [6, 6.07) is 5.22. The van der Waals surface area contributed by atoms with Crippen LogP contribution in [0.15, 0.2) is 43.0 Å². The topological polar surface area (TPSA) is 53.6 Å². The van der Waals surface area contributed by atoms with Crippen LogP contribution in [-0.2, 0) is 6.18 Å². The SMILES string of the molecule is CC1(C)CCC(Nc2ccc(C#N)c(C(F)(F)F)c2)C=C1n1ccnc1. The molecule has 0 fully saturated rings. The molecule has 1 unspecified atom stereocenters. The molecule has 3 rings (SSSR count). The smallest absolute Gasteiger partial charge is 0.379 e. The number of benzene rings is 1. The molecule has 0 bridgehead atoms. The Labute approximate surface area is 150 Å². The highest BCUT2D eigenvalue weighted by Gasteiger charge is 2.34. The number of nitriles is 1. The first-order valence-electron chi connectivity index (χ1n) is 8.29. The summed E-state index contributed by atoms with van der Waals surface area (Å²) in [6.07, 6.45) is 4.44. The molecular formula is C19H19F3N4. The Morgan fingerprint density at radius 1 is 1.35 bits per heavy atom. The average Bonchev–Trinajstić information content (AvgIpc) is 3.09. The number of halogens is 3. The van der Waals surface area contributed by atoms with Crippen molar-refractivity contribution in [2.75, 3.05) is 5.32 Å². The standard InChI is InChI=1S/C19H19F3N4/c1-18(2)6-5-15(10-17(18)26-8-7-24-12-26)25-14-4-3-13(11-23)16(9-14)19(20,21)22/h3-4,7-10,12,15,25H,5-6H2,1-2H3. The number of aromatic nitrogens is 2. The first-order valence-corrected chi connectivity index (χ1v) is 8.29. The molecule has 0 saturated heterocycles. The summed E-state index contributed by atoms with van der Waals surface area (Å²) in [4.78, 5) is 4.08. The molecule has 1 aliphatic rings.